The van der Waals surface area contributed by atoms with E-state index in [0.29, 0.717) is 0 Å². The molecule has 0 heterocycles. The van der Waals surface area contributed by atoms with Crippen LogP contribution >= 0.6 is 0 Å². The summed E-state index contributed by atoms with van der Waals surface area (Å²) >= 11 is 0. The summed E-state index contributed by atoms with van der Waals surface area (Å²) in [5.41, 5.74) is 0. The van der Waals surface area contributed by atoms with Crippen molar-refractivity contribution < 1.29 is 27.3 Å². The molecule has 0 amide bonds. The minimum absolute atomic E-state index is 0. The van der Waals surface area contributed by atoms with Crippen LogP contribution in [-0.4, -0.2) is 6.68 Å². The highest BCUT2D eigenvalue weighted by atomic mass is 19.4. The van der Waals surface area contributed by atoms with Crippen LogP contribution in [-0.2, 0) is 0 Å². The Morgan fingerprint density at radius 3 is 0.714 bits per heavy atom. The molecular weight excluding hydrogens is 126 g/mol. The van der Waals surface area contributed by atoms with Crippen molar-refractivity contribution in [2.75, 3.05) is 0 Å². The minimum Gasteiger partial charge on any atom is -0.269 e. The van der Waals surface area contributed by atoms with Gasteiger partial charge in [-0.1, -0.05) is 0 Å². The summed E-state index contributed by atoms with van der Waals surface area (Å²) in [6.07, 6.45) is 0. The molecular formula is CH4F6. The summed E-state index contributed by atoms with van der Waals surface area (Å²) in [5, 5.41) is 0. The molecule has 7 heavy (non-hydrogen) atoms. The number of halogens is 6. The first-order valence-corrected chi connectivity index (χ1v) is 0.655. The Hall–Kier alpha value is -0.420. The van der Waals surface area contributed by atoms with Gasteiger partial charge >= 0.3 is 6.68 Å². The van der Waals surface area contributed by atoms with E-state index in [1.165, 1.54) is 0 Å². The second-order valence-corrected chi connectivity index (χ2v) is 0.247. The van der Waals surface area contributed by atoms with Crippen molar-refractivity contribution >= 4 is 0 Å². The molecule has 0 aliphatic heterocycles. The van der Waals surface area contributed by atoms with Crippen molar-refractivity contribution in [1.29, 1.82) is 0 Å². The zero-order valence-corrected chi connectivity index (χ0v) is 2.94. The molecule has 0 spiro atoms. The maximum atomic E-state index is 9.67. The summed E-state index contributed by atoms with van der Waals surface area (Å²) in [6.45, 7) is -3.67. The van der Waals surface area contributed by atoms with Crippen molar-refractivity contribution in [1.82, 2.24) is 0 Å². The molecule has 0 radical (unpaired) electrons. The maximum absolute atomic E-state index is 9.67. The van der Waals surface area contributed by atoms with E-state index in [0.717, 1.165) is 0 Å². The van der Waals surface area contributed by atoms with Gasteiger partial charge in [0.1, 0.15) is 0 Å². The highest BCUT2D eigenvalue weighted by molar-refractivity contribution is 3.83. The largest absolute Gasteiger partial charge is 0.379 e. The predicted octanol–water partition coefficient (Wildman–Crippen LogP) is 1.64. The first-order valence-electron chi connectivity index (χ1n) is 0.655. The smallest absolute Gasteiger partial charge is 0.269 e. The molecule has 0 aromatic heterocycles. The molecule has 0 atom stereocenters. The van der Waals surface area contributed by atoms with Crippen LogP contribution in [0.4, 0.5) is 27.3 Å². The van der Waals surface area contributed by atoms with E-state index in [9.17, 15) is 13.2 Å². The van der Waals surface area contributed by atoms with Gasteiger partial charge in [-0.05, 0) is 0 Å². The van der Waals surface area contributed by atoms with E-state index in [4.69, 9.17) is 0 Å². The van der Waals surface area contributed by atoms with Gasteiger partial charge in [0, 0.05) is 0 Å². The normalized spacial score (nSPS) is 5.14. The van der Waals surface area contributed by atoms with E-state index in [2.05, 4.69) is 0 Å². The molecule has 0 fully saturated rings. The first kappa shape index (κ1) is 30.8. The Morgan fingerprint density at radius 2 is 0.714 bits per heavy atom. The van der Waals surface area contributed by atoms with Crippen molar-refractivity contribution in [2.24, 2.45) is 0 Å². The number of hydrogen-bond donors (Lipinski definition) is 0. The zero-order valence-electron chi connectivity index (χ0n) is 2.94. The molecule has 0 N–H and O–H groups in total. The Morgan fingerprint density at radius 1 is 0.714 bits per heavy atom. The van der Waals surface area contributed by atoms with Crippen LogP contribution in [0.5, 0.6) is 0 Å². The van der Waals surface area contributed by atoms with Gasteiger partial charge in [0.15, 0.2) is 0 Å². The molecule has 0 aliphatic rings. The van der Waals surface area contributed by atoms with Crippen LogP contribution in [0, 0.1) is 0 Å². The molecule has 0 rings (SSSR count). The molecule has 0 aliphatic carbocycles. The van der Waals surface area contributed by atoms with Crippen molar-refractivity contribution in [2.45, 2.75) is 6.68 Å². The SMILES string of the molecule is F.F.F.FC(F)F. The minimum atomic E-state index is -3.67. The van der Waals surface area contributed by atoms with Gasteiger partial charge in [-0.25, -0.2) is 0 Å². The second-order valence-electron chi connectivity index (χ2n) is 0.247. The predicted molar refractivity (Wildman–Crippen MR) is 14.6 cm³/mol. The molecule has 6 heteroatoms. The highest BCUT2D eigenvalue weighted by Crippen LogP contribution is 1.87. The topological polar surface area (TPSA) is 0 Å². The molecule has 0 saturated carbocycles. The van der Waals surface area contributed by atoms with Gasteiger partial charge in [-0.3, -0.25) is 14.1 Å². The third-order valence-corrected chi connectivity index (χ3v) is 0. The van der Waals surface area contributed by atoms with E-state index in [-0.39, 0.29) is 14.1 Å². The van der Waals surface area contributed by atoms with Gasteiger partial charge in [0.2, 0.25) is 0 Å². The monoisotopic (exact) mass is 130 g/mol. The second kappa shape index (κ2) is 17.6. The van der Waals surface area contributed by atoms with Gasteiger partial charge in [-0.15, -0.1) is 0 Å². The van der Waals surface area contributed by atoms with Gasteiger partial charge < -0.3 is 0 Å². The van der Waals surface area contributed by atoms with E-state index < -0.39 is 6.68 Å². The fraction of sp³-hybridized carbons (Fsp3) is 1.00. The zero-order chi connectivity index (χ0) is 3.58. The molecule has 0 nitrogen and oxygen atoms in total. The Bertz CT molecular complexity index is 8.90. The Labute approximate surface area is 35.4 Å². The van der Waals surface area contributed by atoms with Gasteiger partial charge in [0.25, 0.3) is 0 Å². The van der Waals surface area contributed by atoms with E-state index in [1.54, 1.807) is 0 Å². The van der Waals surface area contributed by atoms with Crippen LogP contribution in [0.25, 0.3) is 0 Å². The van der Waals surface area contributed by atoms with Crippen LogP contribution in [0.1, 0.15) is 0 Å². The summed E-state index contributed by atoms with van der Waals surface area (Å²) in [5.74, 6) is 0. The molecule has 0 saturated heterocycles. The number of alkyl halides is 3. The fourth-order valence-corrected chi connectivity index (χ4v) is 0. The molecule has 0 unspecified atom stereocenters. The third-order valence-electron chi connectivity index (χ3n) is 0. The standard InChI is InChI=1S/CHF3.3FH/c2-1(3)4;;;/h1H;3*1H. The number of hydrogen-bond acceptors (Lipinski definition) is 0. The van der Waals surface area contributed by atoms with Crippen LogP contribution in [0.15, 0.2) is 0 Å². The van der Waals surface area contributed by atoms with Crippen LogP contribution < -0.4 is 0 Å². The Kier molecular flexibility index (Phi) is 77.3. The first-order chi connectivity index (χ1) is 1.73. The van der Waals surface area contributed by atoms with E-state index >= 15 is 0 Å². The van der Waals surface area contributed by atoms with E-state index in [1.807, 2.05) is 0 Å². The van der Waals surface area contributed by atoms with Gasteiger partial charge in [0.05, 0.1) is 0 Å². The van der Waals surface area contributed by atoms with Crippen molar-refractivity contribution in [3.05, 3.63) is 0 Å². The summed E-state index contributed by atoms with van der Waals surface area (Å²) in [6, 6.07) is 0. The molecule has 50 valence electrons. The average Bonchev–Trinajstić information content (AvgIpc) is 0.811. The number of rotatable bonds is 0. The lowest BCUT2D eigenvalue weighted by atomic mass is 11.6. The quantitative estimate of drug-likeness (QED) is 0.437. The van der Waals surface area contributed by atoms with Crippen LogP contribution in [0.3, 0.4) is 0 Å². The summed E-state index contributed by atoms with van der Waals surface area (Å²) < 4.78 is 29.0. The Balaban J connectivity index is -0.0000000150. The summed E-state index contributed by atoms with van der Waals surface area (Å²) in [4.78, 5) is 0. The lowest BCUT2D eigenvalue weighted by Gasteiger charge is -1.65. The van der Waals surface area contributed by atoms with Crippen LogP contribution in [0.2, 0.25) is 0 Å². The molecule has 0 bridgehead atoms. The van der Waals surface area contributed by atoms with Gasteiger partial charge in [-0.2, -0.15) is 13.2 Å². The maximum Gasteiger partial charge on any atom is 0.379 e. The highest BCUT2D eigenvalue weighted by Gasteiger charge is 1.86. The molecule has 0 aromatic rings. The lowest BCUT2D eigenvalue weighted by molar-refractivity contribution is 0.00819. The summed E-state index contributed by atoms with van der Waals surface area (Å²) in [7, 11) is 0. The molecule has 0 aromatic carbocycles. The van der Waals surface area contributed by atoms with Crippen molar-refractivity contribution in [3.63, 3.8) is 0 Å². The lowest BCUT2D eigenvalue weighted by Crippen LogP contribution is -1.65. The van der Waals surface area contributed by atoms with Crippen molar-refractivity contribution in [3.8, 4) is 0 Å². The fourth-order valence-electron chi connectivity index (χ4n) is 0. The third kappa shape index (κ3) is 405. The average molecular weight is 130 g/mol.